The molecule has 17 heavy (non-hydrogen) atoms. The number of hydrogen-bond acceptors (Lipinski definition) is 2. The van der Waals surface area contributed by atoms with E-state index in [9.17, 15) is 0 Å². The Morgan fingerprint density at radius 1 is 1.12 bits per heavy atom. The van der Waals surface area contributed by atoms with Crippen molar-refractivity contribution in [1.29, 1.82) is 0 Å². The van der Waals surface area contributed by atoms with Crippen LogP contribution in [0, 0.1) is 0 Å². The molecular formula is C14H13N3. The van der Waals surface area contributed by atoms with Crippen molar-refractivity contribution < 1.29 is 0 Å². The molecule has 0 aliphatic rings. The van der Waals surface area contributed by atoms with Crippen molar-refractivity contribution in [1.82, 2.24) is 9.38 Å². The van der Waals surface area contributed by atoms with Crippen LogP contribution in [0.5, 0.6) is 0 Å². The van der Waals surface area contributed by atoms with E-state index in [0.717, 1.165) is 22.5 Å². The molecule has 0 saturated heterocycles. The lowest BCUT2D eigenvalue weighted by atomic mass is 10.1. The number of nitrogens with two attached hydrogens (primary N) is 1. The molecule has 0 bridgehead atoms. The van der Waals surface area contributed by atoms with Crippen LogP contribution in [0.25, 0.3) is 16.9 Å². The third-order valence-electron chi connectivity index (χ3n) is 2.86. The van der Waals surface area contributed by atoms with Crippen LogP contribution in [-0.2, 0) is 6.54 Å². The van der Waals surface area contributed by atoms with Crippen LogP contribution in [0.3, 0.4) is 0 Å². The number of imidazole rings is 1. The summed E-state index contributed by atoms with van der Waals surface area (Å²) in [7, 11) is 0. The Hall–Kier alpha value is -2.13. The monoisotopic (exact) mass is 223 g/mol. The average molecular weight is 223 g/mol. The van der Waals surface area contributed by atoms with E-state index in [1.807, 2.05) is 42.7 Å². The highest BCUT2D eigenvalue weighted by molar-refractivity contribution is 5.62. The van der Waals surface area contributed by atoms with Crippen molar-refractivity contribution in [3.8, 4) is 11.4 Å². The molecular weight excluding hydrogens is 210 g/mol. The highest BCUT2D eigenvalue weighted by atomic mass is 15.0. The smallest absolute Gasteiger partial charge is 0.144 e. The van der Waals surface area contributed by atoms with Gasteiger partial charge in [0.05, 0.1) is 11.7 Å². The fraction of sp³-hybridized carbons (Fsp3) is 0.0714. The molecule has 0 unspecified atom stereocenters. The van der Waals surface area contributed by atoms with Crippen LogP contribution < -0.4 is 5.73 Å². The van der Waals surface area contributed by atoms with Crippen molar-refractivity contribution in [2.24, 2.45) is 5.73 Å². The predicted octanol–water partition coefficient (Wildman–Crippen LogP) is 2.46. The first-order valence-electron chi connectivity index (χ1n) is 5.60. The summed E-state index contributed by atoms with van der Waals surface area (Å²) in [5.74, 6) is 0.955. The number of fused-ring (bicyclic) bond motifs is 1. The number of benzene rings is 1. The van der Waals surface area contributed by atoms with Crippen LogP contribution in [0.15, 0.2) is 54.9 Å². The summed E-state index contributed by atoms with van der Waals surface area (Å²) in [6.45, 7) is 0.553. The molecule has 0 amide bonds. The van der Waals surface area contributed by atoms with Crippen molar-refractivity contribution in [3.63, 3.8) is 0 Å². The summed E-state index contributed by atoms with van der Waals surface area (Å²) < 4.78 is 2.08. The van der Waals surface area contributed by atoms with Gasteiger partial charge in [-0.2, -0.15) is 0 Å². The number of hydrogen-bond donors (Lipinski definition) is 1. The maximum Gasteiger partial charge on any atom is 0.144 e. The fourth-order valence-corrected chi connectivity index (χ4v) is 1.99. The molecule has 3 rings (SSSR count). The molecule has 0 aliphatic carbocycles. The number of aromatic nitrogens is 2. The minimum absolute atomic E-state index is 0.553. The number of nitrogens with zero attached hydrogens (tertiary/aromatic N) is 2. The van der Waals surface area contributed by atoms with Gasteiger partial charge in [0.15, 0.2) is 0 Å². The zero-order valence-electron chi connectivity index (χ0n) is 9.38. The van der Waals surface area contributed by atoms with Crippen LogP contribution in [0.4, 0.5) is 0 Å². The summed E-state index contributed by atoms with van der Waals surface area (Å²) in [6, 6.07) is 14.2. The minimum Gasteiger partial charge on any atom is -0.326 e. The Bertz CT molecular complexity index is 655. The zero-order chi connectivity index (χ0) is 11.7. The lowest BCUT2D eigenvalue weighted by Gasteiger charge is -2.03. The van der Waals surface area contributed by atoms with Gasteiger partial charge in [0.2, 0.25) is 0 Å². The summed E-state index contributed by atoms with van der Waals surface area (Å²) in [4.78, 5) is 4.46. The van der Waals surface area contributed by atoms with E-state index in [-0.39, 0.29) is 0 Å². The second-order valence-electron chi connectivity index (χ2n) is 3.98. The van der Waals surface area contributed by atoms with E-state index in [4.69, 9.17) is 5.73 Å². The molecule has 84 valence electrons. The van der Waals surface area contributed by atoms with Gasteiger partial charge >= 0.3 is 0 Å². The van der Waals surface area contributed by atoms with Gasteiger partial charge in [-0.25, -0.2) is 4.98 Å². The molecule has 3 heteroatoms. The van der Waals surface area contributed by atoms with Gasteiger partial charge in [-0.1, -0.05) is 24.3 Å². The molecule has 0 fully saturated rings. The topological polar surface area (TPSA) is 43.3 Å². The summed E-state index contributed by atoms with van der Waals surface area (Å²) in [5, 5.41) is 0. The minimum atomic E-state index is 0.553. The van der Waals surface area contributed by atoms with Gasteiger partial charge in [0.25, 0.3) is 0 Å². The third kappa shape index (κ3) is 1.70. The normalized spacial score (nSPS) is 10.9. The third-order valence-corrected chi connectivity index (χ3v) is 2.86. The van der Waals surface area contributed by atoms with E-state index in [1.54, 1.807) is 0 Å². The number of rotatable bonds is 2. The van der Waals surface area contributed by atoms with Gasteiger partial charge in [-0.3, -0.25) is 4.40 Å². The summed E-state index contributed by atoms with van der Waals surface area (Å²) in [5.41, 5.74) is 8.97. The van der Waals surface area contributed by atoms with Crippen LogP contribution in [-0.4, -0.2) is 9.38 Å². The maximum atomic E-state index is 5.66. The lowest BCUT2D eigenvalue weighted by Crippen LogP contribution is -1.96. The van der Waals surface area contributed by atoms with Crippen LogP contribution in [0.1, 0.15) is 5.56 Å². The highest BCUT2D eigenvalue weighted by Crippen LogP contribution is 2.20. The van der Waals surface area contributed by atoms with Gasteiger partial charge in [0, 0.05) is 18.3 Å². The predicted molar refractivity (Wildman–Crippen MR) is 68.5 cm³/mol. The Labute approximate surface area is 99.5 Å². The largest absolute Gasteiger partial charge is 0.326 e. The first-order chi connectivity index (χ1) is 8.38. The van der Waals surface area contributed by atoms with Gasteiger partial charge in [-0.15, -0.1) is 0 Å². The molecule has 1 aromatic carbocycles. The molecule has 0 atom stereocenters. The molecule has 3 aromatic rings. The molecule has 2 heterocycles. The average Bonchev–Trinajstić information content (AvgIpc) is 2.82. The van der Waals surface area contributed by atoms with Gasteiger partial charge < -0.3 is 5.73 Å². The van der Waals surface area contributed by atoms with Crippen LogP contribution in [0.2, 0.25) is 0 Å². The Balaban J connectivity index is 2.20. The van der Waals surface area contributed by atoms with E-state index < -0.39 is 0 Å². The first kappa shape index (κ1) is 10.1. The van der Waals surface area contributed by atoms with Crippen molar-refractivity contribution in [2.75, 3.05) is 0 Å². The zero-order valence-corrected chi connectivity index (χ0v) is 9.38. The Morgan fingerprint density at radius 3 is 2.94 bits per heavy atom. The second-order valence-corrected chi connectivity index (χ2v) is 3.98. The standard InChI is InChI=1S/C14H13N3/c15-9-11-4-3-5-12(8-11)14-16-10-13-6-1-2-7-17(13)14/h1-8,10H,9,15H2. The van der Waals surface area contributed by atoms with Gasteiger partial charge in [0.1, 0.15) is 5.82 Å². The Kier molecular flexibility index (Phi) is 2.38. The molecule has 3 nitrogen and oxygen atoms in total. The molecule has 0 radical (unpaired) electrons. The maximum absolute atomic E-state index is 5.66. The van der Waals surface area contributed by atoms with Crippen molar-refractivity contribution in [3.05, 3.63) is 60.4 Å². The summed E-state index contributed by atoms with van der Waals surface area (Å²) >= 11 is 0. The molecule has 2 N–H and O–H groups in total. The van der Waals surface area contributed by atoms with Crippen molar-refractivity contribution in [2.45, 2.75) is 6.54 Å². The lowest BCUT2D eigenvalue weighted by molar-refractivity contribution is 1.07. The fourth-order valence-electron chi connectivity index (χ4n) is 1.99. The molecule has 0 saturated carbocycles. The quantitative estimate of drug-likeness (QED) is 0.725. The SMILES string of the molecule is NCc1cccc(-c2ncc3ccccn23)c1. The van der Waals surface area contributed by atoms with Crippen LogP contribution >= 0.6 is 0 Å². The van der Waals surface area contributed by atoms with E-state index in [2.05, 4.69) is 21.5 Å². The molecule has 0 aliphatic heterocycles. The van der Waals surface area contributed by atoms with Gasteiger partial charge in [-0.05, 0) is 23.8 Å². The van der Waals surface area contributed by atoms with E-state index in [0.29, 0.717) is 6.54 Å². The molecule has 2 aromatic heterocycles. The molecule has 0 spiro atoms. The Morgan fingerprint density at radius 2 is 2.06 bits per heavy atom. The van der Waals surface area contributed by atoms with E-state index in [1.165, 1.54) is 0 Å². The van der Waals surface area contributed by atoms with Crippen molar-refractivity contribution >= 4 is 5.52 Å². The van der Waals surface area contributed by atoms with E-state index >= 15 is 0 Å². The first-order valence-corrected chi connectivity index (χ1v) is 5.60. The summed E-state index contributed by atoms with van der Waals surface area (Å²) in [6.07, 6.45) is 3.90. The highest BCUT2D eigenvalue weighted by Gasteiger charge is 2.05. The second kappa shape index (κ2) is 4.03. The number of pyridine rings is 1.